The molecule has 1 aromatic rings. The molecule has 0 heterocycles. The molecule has 1 rings (SSSR count). The van der Waals surface area contributed by atoms with Gasteiger partial charge in [-0.05, 0) is 52.5 Å². The Morgan fingerprint density at radius 1 is 1.35 bits per heavy atom. The first-order valence-electron chi connectivity index (χ1n) is 5.77. The van der Waals surface area contributed by atoms with Crippen molar-refractivity contribution in [2.75, 3.05) is 20.3 Å². The summed E-state index contributed by atoms with van der Waals surface area (Å²) in [7, 11) is 1.65. The highest BCUT2D eigenvalue weighted by molar-refractivity contribution is 9.10. The highest BCUT2D eigenvalue weighted by Crippen LogP contribution is 2.37. The molecule has 0 saturated heterocycles. The molecule has 0 saturated carbocycles. The summed E-state index contributed by atoms with van der Waals surface area (Å²) in [5.41, 5.74) is 6.70. The number of ether oxygens (including phenoxy) is 2. The fourth-order valence-electron chi connectivity index (χ4n) is 1.47. The summed E-state index contributed by atoms with van der Waals surface area (Å²) >= 11 is 3.51. The Morgan fingerprint density at radius 2 is 2.06 bits per heavy atom. The first-order chi connectivity index (χ1) is 8.08. The first kappa shape index (κ1) is 14.3. The summed E-state index contributed by atoms with van der Waals surface area (Å²) in [6.07, 6.45) is 0.833. The van der Waals surface area contributed by atoms with Crippen LogP contribution in [0.4, 0.5) is 0 Å². The van der Waals surface area contributed by atoms with Crippen LogP contribution in [-0.4, -0.2) is 20.3 Å². The van der Waals surface area contributed by atoms with Gasteiger partial charge in [-0.15, -0.1) is 0 Å². The van der Waals surface area contributed by atoms with E-state index >= 15 is 0 Å². The lowest BCUT2D eigenvalue weighted by Crippen LogP contribution is -2.07. The number of methoxy groups -OCH3 is 1. The quantitative estimate of drug-likeness (QED) is 0.878. The fourth-order valence-corrected chi connectivity index (χ4v) is 2.08. The van der Waals surface area contributed by atoms with Gasteiger partial charge >= 0.3 is 0 Å². The second kappa shape index (κ2) is 6.87. The topological polar surface area (TPSA) is 44.5 Å². The summed E-state index contributed by atoms with van der Waals surface area (Å²) in [5, 5.41) is 0. The lowest BCUT2D eigenvalue weighted by atomic mass is 10.1. The van der Waals surface area contributed by atoms with Crippen LogP contribution in [0.3, 0.4) is 0 Å². The van der Waals surface area contributed by atoms with Crippen LogP contribution in [0.2, 0.25) is 0 Å². The Morgan fingerprint density at radius 3 is 2.59 bits per heavy atom. The summed E-state index contributed by atoms with van der Waals surface area (Å²) < 4.78 is 12.0. The molecule has 0 amide bonds. The molecule has 0 aliphatic rings. The highest BCUT2D eigenvalue weighted by Gasteiger charge is 2.12. The standard InChI is InChI=1S/C13H20BrNO2/c1-9(2)8-17-13-11(14)6-10(4-5-15)7-12(13)16-3/h6-7,9H,4-5,8,15H2,1-3H3. The predicted molar refractivity (Wildman–Crippen MR) is 73.8 cm³/mol. The minimum Gasteiger partial charge on any atom is -0.493 e. The Labute approximate surface area is 111 Å². The molecule has 0 aliphatic carbocycles. The molecular weight excluding hydrogens is 282 g/mol. The molecule has 4 heteroatoms. The number of nitrogens with two attached hydrogens (primary N) is 1. The van der Waals surface area contributed by atoms with Gasteiger partial charge in [-0.1, -0.05) is 13.8 Å². The van der Waals surface area contributed by atoms with Gasteiger partial charge in [0.25, 0.3) is 0 Å². The zero-order valence-electron chi connectivity index (χ0n) is 10.6. The normalized spacial score (nSPS) is 10.7. The summed E-state index contributed by atoms with van der Waals surface area (Å²) in [5.74, 6) is 2.00. The Kier molecular flexibility index (Phi) is 5.78. The van der Waals surface area contributed by atoms with Crippen molar-refractivity contribution in [3.8, 4) is 11.5 Å². The Hall–Kier alpha value is -0.740. The van der Waals surface area contributed by atoms with Crippen molar-refractivity contribution in [1.29, 1.82) is 0 Å². The third-order valence-electron chi connectivity index (χ3n) is 2.28. The van der Waals surface area contributed by atoms with Gasteiger partial charge in [0.2, 0.25) is 0 Å². The second-order valence-electron chi connectivity index (χ2n) is 4.35. The van der Waals surface area contributed by atoms with Gasteiger partial charge in [0.1, 0.15) is 0 Å². The average molecular weight is 302 g/mol. The van der Waals surface area contributed by atoms with E-state index in [1.54, 1.807) is 7.11 Å². The lowest BCUT2D eigenvalue weighted by molar-refractivity contribution is 0.255. The smallest absolute Gasteiger partial charge is 0.175 e. The number of benzene rings is 1. The van der Waals surface area contributed by atoms with Gasteiger partial charge in [-0.2, -0.15) is 0 Å². The van der Waals surface area contributed by atoms with Crippen LogP contribution in [0.15, 0.2) is 16.6 Å². The van der Waals surface area contributed by atoms with Crippen LogP contribution in [-0.2, 0) is 6.42 Å². The fraction of sp³-hybridized carbons (Fsp3) is 0.538. The van der Waals surface area contributed by atoms with Gasteiger partial charge < -0.3 is 15.2 Å². The van der Waals surface area contributed by atoms with Gasteiger partial charge in [0, 0.05) is 0 Å². The SMILES string of the molecule is COc1cc(CCN)cc(Br)c1OCC(C)C. The molecule has 0 aliphatic heterocycles. The largest absolute Gasteiger partial charge is 0.493 e. The minimum atomic E-state index is 0.482. The average Bonchev–Trinajstić information content (AvgIpc) is 2.27. The maximum atomic E-state index is 5.75. The van der Waals surface area contributed by atoms with Crippen molar-refractivity contribution in [1.82, 2.24) is 0 Å². The van der Waals surface area contributed by atoms with E-state index in [0.717, 1.165) is 28.0 Å². The van der Waals surface area contributed by atoms with E-state index in [1.165, 1.54) is 0 Å². The van der Waals surface area contributed by atoms with Crippen molar-refractivity contribution >= 4 is 15.9 Å². The van der Waals surface area contributed by atoms with E-state index in [2.05, 4.69) is 29.8 Å². The van der Waals surface area contributed by atoms with Crippen LogP contribution >= 0.6 is 15.9 Å². The van der Waals surface area contributed by atoms with E-state index in [9.17, 15) is 0 Å². The lowest BCUT2D eigenvalue weighted by Gasteiger charge is -2.15. The van der Waals surface area contributed by atoms with Gasteiger partial charge in [0.15, 0.2) is 11.5 Å². The molecule has 3 nitrogen and oxygen atoms in total. The molecule has 0 unspecified atom stereocenters. The van der Waals surface area contributed by atoms with E-state index in [1.807, 2.05) is 12.1 Å². The van der Waals surface area contributed by atoms with Crippen molar-refractivity contribution in [2.24, 2.45) is 11.7 Å². The van der Waals surface area contributed by atoms with E-state index in [0.29, 0.717) is 19.1 Å². The summed E-state index contributed by atoms with van der Waals surface area (Å²) in [6, 6.07) is 4.01. The minimum absolute atomic E-state index is 0.482. The monoisotopic (exact) mass is 301 g/mol. The number of hydrogen-bond acceptors (Lipinski definition) is 3. The van der Waals surface area contributed by atoms with Gasteiger partial charge in [-0.25, -0.2) is 0 Å². The van der Waals surface area contributed by atoms with E-state index in [-0.39, 0.29) is 0 Å². The molecule has 0 aromatic heterocycles. The third kappa shape index (κ3) is 4.21. The molecule has 1 aromatic carbocycles. The second-order valence-corrected chi connectivity index (χ2v) is 5.21. The molecule has 0 spiro atoms. The molecule has 96 valence electrons. The predicted octanol–water partition coefficient (Wildman–Crippen LogP) is 2.99. The highest BCUT2D eigenvalue weighted by atomic mass is 79.9. The first-order valence-corrected chi connectivity index (χ1v) is 6.57. The number of rotatable bonds is 6. The van der Waals surface area contributed by atoms with Crippen molar-refractivity contribution < 1.29 is 9.47 Å². The zero-order chi connectivity index (χ0) is 12.8. The molecular formula is C13H20BrNO2. The summed E-state index contributed by atoms with van der Waals surface area (Å²) in [6.45, 7) is 5.53. The summed E-state index contributed by atoms with van der Waals surface area (Å²) in [4.78, 5) is 0. The maximum absolute atomic E-state index is 5.75. The zero-order valence-corrected chi connectivity index (χ0v) is 12.2. The Balaban J connectivity index is 2.95. The van der Waals surface area contributed by atoms with E-state index < -0.39 is 0 Å². The molecule has 17 heavy (non-hydrogen) atoms. The Bertz CT molecular complexity index is 367. The van der Waals surface area contributed by atoms with Gasteiger partial charge in [-0.3, -0.25) is 0 Å². The number of hydrogen-bond donors (Lipinski definition) is 1. The van der Waals surface area contributed by atoms with Crippen molar-refractivity contribution in [3.63, 3.8) is 0 Å². The van der Waals surface area contributed by atoms with Crippen LogP contribution in [0.25, 0.3) is 0 Å². The molecule has 0 radical (unpaired) electrons. The van der Waals surface area contributed by atoms with Crippen molar-refractivity contribution in [3.05, 3.63) is 22.2 Å². The maximum Gasteiger partial charge on any atom is 0.175 e. The number of halogens is 1. The molecule has 0 fully saturated rings. The van der Waals surface area contributed by atoms with Crippen LogP contribution in [0.1, 0.15) is 19.4 Å². The molecule has 0 bridgehead atoms. The van der Waals surface area contributed by atoms with Crippen LogP contribution in [0.5, 0.6) is 11.5 Å². The van der Waals surface area contributed by atoms with Crippen LogP contribution in [0, 0.1) is 5.92 Å². The van der Waals surface area contributed by atoms with Gasteiger partial charge in [0.05, 0.1) is 18.2 Å². The molecule has 0 atom stereocenters. The van der Waals surface area contributed by atoms with Crippen LogP contribution < -0.4 is 15.2 Å². The molecule has 2 N–H and O–H groups in total. The third-order valence-corrected chi connectivity index (χ3v) is 2.87. The van der Waals surface area contributed by atoms with E-state index in [4.69, 9.17) is 15.2 Å². The van der Waals surface area contributed by atoms with Crippen molar-refractivity contribution in [2.45, 2.75) is 20.3 Å².